The molecule has 8 heteroatoms. The van der Waals surface area contributed by atoms with Gasteiger partial charge in [0.15, 0.2) is 5.71 Å². The third-order valence-corrected chi connectivity index (χ3v) is 5.82. The number of para-hydroxylation sites is 1. The van der Waals surface area contributed by atoms with E-state index < -0.39 is 10.2 Å². The summed E-state index contributed by atoms with van der Waals surface area (Å²) in [5.41, 5.74) is 5.13. The van der Waals surface area contributed by atoms with Crippen molar-refractivity contribution < 1.29 is 38.2 Å². The normalized spacial score (nSPS) is 15.2. The molecule has 0 radical (unpaired) electrons. The number of rotatable bonds is 4. The summed E-state index contributed by atoms with van der Waals surface area (Å²) in [5.74, 6) is 0.931. The van der Waals surface area contributed by atoms with Crippen LogP contribution in [0.25, 0.3) is 16.8 Å². The second kappa shape index (κ2) is 9.05. The Balaban J connectivity index is 0.000000523. The minimum absolute atomic E-state index is 0.0224. The van der Waals surface area contributed by atoms with Crippen molar-refractivity contribution in [1.82, 2.24) is 4.57 Å². The van der Waals surface area contributed by atoms with Crippen LogP contribution in [0.3, 0.4) is 0 Å². The van der Waals surface area contributed by atoms with Gasteiger partial charge in [-0.05, 0) is 32.9 Å². The quantitative estimate of drug-likeness (QED) is 0.533. The third-order valence-electron chi connectivity index (χ3n) is 5.82. The minimum atomic E-state index is -4.94. The van der Waals surface area contributed by atoms with Gasteiger partial charge in [-0.1, -0.05) is 36.4 Å². The minimum Gasteiger partial charge on any atom is -0.482 e. The standard InChI is InChI=1S/C24H27N2O.ClHO4/c1-6-26-20(17-11-7-8-12-18(17)23(26)27-5)15-16-22-24(2,3)19-13-9-10-14-21(19)25(22)4;2-1(3,4)5/h7-16H,6H2,1-5H3;(H,2,3,4,5)/q+1;/p-1. The van der Waals surface area contributed by atoms with Crippen LogP contribution in [0, 0.1) is 10.2 Å². The molecule has 0 saturated heterocycles. The van der Waals surface area contributed by atoms with Crippen molar-refractivity contribution >= 4 is 28.2 Å². The van der Waals surface area contributed by atoms with Crippen molar-refractivity contribution in [2.24, 2.45) is 0 Å². The highest BCUT2D eigenvalue weighted by atomic mass is 35.7. The van der Waals surface area contributed by atoms with E-state index in [1.165, 1.54) is 28.0 Å². The average Bonchev–Trinajstić information content (AvgIpc) is 3.14. The Labute approximate surface area is 189 Å². The van der Waals surface area contributed by atoms with Crippen molar-refractivity contribution in [3.05, 3.63) is 65.9 Å². The number of hydrogen-bond donors (Lipinski definition) is 0. The molecule has 0 aliphatic carbocycles. The molecule has 3 aromatic rings. The maximum Gasteiger partial charge on any atom is 0.209 e. The zero-order chi connectivity index (χ0) is 23.7. The van der Waals surface area contributed by atoms with Crippen LogP contribution in [0.4, 0.5) is 5.69 Å². The number of benzene rings is 2. The molecule has 32 heavy (non-hydrogen) atoms. The van der Waals surface area contributed by atoms with E-state index in [1.54, 1.807) is 7.11 Å². The lowest BCUT2D eigenvalue weighted by molar-refractivity contribution is -2.00. The fourth-order valence-corrected chi connectivity index (χ4v) is 4.47. The van der Waals surface area contributed by atoms with Crippen LogP contribution < -0.4 is 23.4 Å². The lowest BCUT2D eigenvalue weighted by Crippen LogP contribution is -2.68. The van der Waals surface area contributed by atoms with E-state index in [4.69, 9.17) is 23.4 Å². The van der Waals surface area contributed by atoms with E-state index in [2.05, 4.69) is 97.6 Å². The van der Waals surface area contributed by atoms with Gasteiger partial charge in [0.25, 0.3) is 0 Å². The third kappa shape index (κ3) is 4.57. The summed E-state index contributed by atoms with van der Waals surface area (Å²) < 4.78 is 44.3. The van der Waals surface area contributed by atoms with Gasteiger partial charge in [0.05, 0.1) is 18.2 Å². The predicted molar refractivity (Wildman–Crippen MR) is 114 cm³/mol. The zero-order valence-electron chi connectivity index (χ0n) is 18.8. The lowest BCUT2D eigenvalue weighted by atomic mass is 9.81. The van der Waals surface area contributed by atoms with Crippen molar-refractivity contribution in [1.29, 1.82) is 0 Å². The molecule has 0 spiro atoms. The molecule has 0 amide bonds. The van der Waals surface area contributed by atoms with Crippen LogP contribution in [0.15, 0.2) is 54.6 Å². The van der Waals surface area contributed by atoms with Crippen LogP contribution in [-0.4, -0.2) is 29.0 Å². The molecule has 1 aromatic heterocycles. The molecule has 2 heterocycles. The number of nitrogens with zero attached hydrogens (tertiary/aromatic N) is 2. The highest BCUT2D eigenvalue weighted by molar-refractivity contribution is 6.06. The van der Waals surface area contributed by atoms with Crippen LogP contribution in [0.1, 0.15) is 32.0 Å². The van der Waals surface area contributed by atoms with E-state index in [1.807, 2.05) is 0 Å². The fourth-order valence-electron chi connectivity index (χ4n) is 4.47. The second-order valence-corrected chi connectivity index (χ2v) is 8.74. The molecule has 0 unspecified atom stereocenters. The van der Waals surface area contributed by atoms with Crippen LogP contribution in [0.2, 0.25) is 0 Å². The molecule has 0 N–H and O–H groups in total. The number of fused-ring (bicyclic) bond motifs is 2. The average molecular weight is 459 g/mol. The molecular formula is C24H27ClN2O5. The van der Waals surface area contributed by atoms with Crippen molar-refractivity contribution in [3.8, 4) is 5.88 Å². The second-order valence-electron chi connectivity index (χ2n) is 7.98. The Bertz CT molecular complexity index is 1180. The summed E-state index contributed by atoms with van der Waals surface area (Å²) in [7, 11) is -1.04. The smallest absolute Gasteiger partial charge is 0.209 e. The number of halogens is 1. The molecule has 1 aliphatic rings. The topological polar surface area (TPSA) is 109 Å². The van der Waals surface area contributed by atoms with Gasteiger partial charge in [-0.15, -0.1) is 10.2 Å². The molecule has 170 valence electrons. The number of methoxy groups -OCH3 is 1. The van der Waals surface area contributed by atoms with Gasteiger partial charge in [-0.3, -0.25) is 0 Å². The first-order valence-corrected chi connectivity index (χ1v) is 11.4. The SMILES string of the molecule is CCn1c(C=CC2=[N+](C)c3ccccc3C2(C)C)c2ccccc2c1OC.[O-][Cl+3]([O-])([O-])[O-]. The van der Waals surface area contributed by atoms with Gasteiger partial charge in [-0.25, -0.2) is 18.6 Å². The van der Waals surface area contributed by atoms with Crippen molar-refractivity contribution in [2.75, 3.05) is 14.2 Å². The monoisotopic (exact) mass is 458 g/mol. The van der Waals surface area contributed by atoms with E-state index in [0.717, 1.165) is 17.8 Å². The number of ether oxygens (including phenoxy) is 1. The molecule has 2 aromatic carbocycles. The Kier molecular flexibility index (Phi) is 6.78. The van der Waals surface area contributed by atoms with E-state index >= 15 is 0 Å². The van der Waals surface area contributed by atoms with Gasteiger partial charge < -0.3 is 9.30 Å². The molecular weight excluding hydrogens is 432 g/mol. The van der Waals surface area contributed by atoms with Crippen LogP contribution in [0.5, 0.6) is 5.88 Å². The van der Waals surface area contributed by atoms with Crippen LogP contribution >= 0.6 is 0 Å². The van der Waals surface area contributed by atoms with Gasteiger partial charge in [0.1, 0.15) is 7.05 Å². The maximum atomic E-state index is 8.49. The van der Waals surface area contributed by atoms with Gasteiger partial charge in [0.2, 0.25) is 11.6 Å². The number of hydrogen-bond acceptors (Lipinski definition) is 5. The highest BCUT2D eigenvalue weighted by Crippen LogP contribution is 2.39. The molecule has 0 bridgehead atoms. The van der Waals surface area contributed by atoms with Gasteiger partial charge >= 0.3 is 0 Å². The number of allylic oxidation sites excluding steroid dienone is 1. The summed E-state index contributed by atoms with van der Waals surface area (Å²) in [5, 5.41) is 2.39. The molecule has 4 rings (SSSR count). The highest BCUT2D eigenvalue weighted by Gasteiger charge is 2.42. The summed E-state index contributed by atoms with van der Waals surface area (Å²) in [4.78, 5) is 0. The van der Waals surface area contributed by atoms with E-state index in [0.29, 0.717) is 0 Å². The van der Waals surface area contributed by atoms with Gasteiger partial charge in [0, 0.05) is 35.0 Å². The summed E-state index contributed by atoms with van der Waals surface area (Å²) >= 11 is 0. The molecule has 7 nitrogen and oxygen atoms in total. The largest absolute Gasteiger partial charge is 0.482 e. The molecule has 0 saturated carbocycles. The zero-order valence-corrected chi connectivity index (χ0v) is 19.6. The van der Waals surface area contributed by atoms with Crippen LogP contribution in [-0.2, 0) is 12.0 Å². The first kappa shape index (κ1) is 24.0. The summed E-state index contributed by atoms with van der Waals surface area (Å²) in [6.45, 7) is 7.62. The molecule has 1 aliphatic heterocycles. The predicted octanol–water partition coefficient (Wildman–Crippen LogP) is 0.633. The van der Waals surface area contributed by atoms with E-state index in [9.17, 15) is 0 Å². The fraction of sp³-hybridized carbons (Fsp3) is 0.292. The Morgan fingerprint density at radius 3 is 2.09 bits per heavy atom. The van der Waals surface area contributed by atoms with E-state index in [-0.39, 0.29) is 5.41 Å². The first-order chi connectivity index (χ1) is 15.0. The Morgan fingerprint density at radius 2 is 1.53 bits per heavy atom. The summed E-state index contributed by atoms with van der Waals surface area (Å²) in [6.07, 6.45) is 4.52. The maximum absolute atomic E-state index is 8.49. The Hall–Kier alpha value is -2.68. The number of aromatic nitrogens is 1. The first-order valence-electron chi connectivity index (χ1n) is 10.2. The van der Waals surface area contributed by atoms with Crippen molar-refractivity contribution in [2.45, 2.75) is 32.7 Å². The van der Waals surface area contributed by atoms with Crippen molar-refractivity contribution in [3.63, 3.8) is 0 Å². The molecule has 0 fully saturated rings. The lowest BCUT2D eigenvalue weighted by Gasteiger charge is -2.17. The Morgan fingerprint density at radius 1 is 0.969 bits per heavy atom. The van der Waals surface area contributed by atoms with Gasteiger partial charge in [-0.2, -0.15) is 4.58 Å². The summed E-state index contributed by atoms with van der Waals surface area (Å²) in [6, 6.07) is 17.1. The molecule has 0 atom stereocenters.